The molecule has 0 spiro atoms. The molecule has 4 nitrogen and oxygen atoms in total. The van der Waals surface area contributed by atoms with Gasteiger partial charge in [0.25, 0.3) is 0 Å². The molecular weight excluding hydrogens is 216 g/mol. The second kappa shape index (κ2) is 6.91. The Kier molecular flexibility index (Phi) is 5.49. The third kappa shape index (κ3) is 4.07. The van der Waals surface area contributed by atoms with Gasteiger partial charge in [-0.25, -0.2) is 0 Å². The van der Waals surface area contributed by atoms with Gasteiger partial charge in [0.05, 0.1) is 13.2 Å². The van der Waals surface area contributed by atoms with E-state index in [0.29, 0.717) is 13.0 Å². The highest BCUT2D eigenvalue weighted by Crippen LogP contribution is 2.16. The van der Waals surface area contributed by atoms with Crippen LogP contribution in [-0.2, 0) is 11.3 Å². The number of nitrogens with two attached hydrogens (primary N) is 1. The highest BCUT2D eigenvalue weighted by molar-refractivity contribution is 5.81. The van der Waals surface area contributed by atoms with Crippen LogP contribution in [-0.4, -0.2) is 19.1 Å². The quantitative estimate of drug-likeness (QED) is 0.785. The van der Waals surface area contributed by atoms with Crippen LogP contribution in [0.3, 0.4) is 0 Å². The van der Waals surface area contributed by atoms with Crippen molar-refractivity contribution in [2.24, 2.45) is 5.73 Å². The topological polar surface area (TPSA) is 64.4 Å². The summed E-state index contributed by atoms with van der Waals surface area (Å²) in [6, 6.07) is 7.18. The lowest BCUT2D eigenvalue weighted by Crippen LogP contribution is -2.40. The average molecular weight is 236 g/mol. The first-order valence-electron chi connectivity index (χ1n) is 5.84. The third-order valence-corrected chi connectivity index (χ3v) is 2.58. The standard InChI is InChI=1S/C13H20N2O2/c1-3-6-11(14)13(16)15-9-10-7-4-5-8-12(10)17-2/h4-5,7-8,11H,3,6,9,14H2,1-2H3,(H,15,16). The number of nitrogens with one attached hydrogen (secondary N) is 1. The number of hydrogen-bond acceptors (Lipinski definition) is 3. The van der Waals surface area contributed by atoms with Crippen LogP contribution in [0.4, 0.5) is 0 Å². The van der Waals surface area contributed by atoms with E-state index in [2.05, 4.69) is 5.32 Å². The Balaban J connectivity index is 2.52. The molecule has 17 heavy (non-hydrogen) atoms. The summed E-state index contributed by atoms with van der Waals surface area (Å²) in [5.74, 6) is 0.662. The summed E-state index contributed by atoms with van der Waals surface area (Å²) in [5, 5.41) is 2.81. The van der Waals surface area contributed by atoms with Crippen molar-refractivity contribution >= 4 is 5.91 Å². The van der Waals surface area contributed by atoms with E-state index in [9.17, 15) is 4.79 Å². The van der Waals surface area contributed by atoms with E-state index in [1.807, 2.05) is 31.2 Å². The van der Waals surface area contributed by atoms with Gasteiger partial charge in [-0.15, -0.1) is 0 Å². The number of amides is 1. The Hall–Kier alpha value is -1.55. The molecule has 0 bridgehead atoms. The molecule has 94 valence electrons. The highest BCUT2D eigenvalue weighted by Gasteiger charge is 2.12. The molecule has 3 N–H and O–H groups in total. The summed E-state index contributed by atoms with van der Waals surface area (Å²) in [5.41, 5.74) is 6.67. The van der Waals surface area contributed by atoms with Crippen molar-refractivity contribution in [2.45, 2.75) is 32.4 Å². The molecule has 1 rings (SSSR count). The van der Waals surface area contributed by atoms with Gasteiger partial charge in [-0.05, 0) is 12.5 Å². The molecule has 0 radical (unpaired) electrons. The van der Waals surface area contributed by atoms with Crippen molar-refractivity contribution in [1.29, 1.82) is 0 Å². The molecule has 1 amide bonds. The van der Waals surface area contributed by atoms with Crippen LogP contribution in [0.5, 0.6) is 5.75 Å². The van der Waals surface area contributed by atoms with Crippen molar-refractivity contribution in [3.05, 3.63) is 29.8 Å². The molecular formula is C13H20N2O2. The van der Waals surface area contributed by atoms with Gasteiger partial charge in [0.15, 0.2) is 0 Å². The van der Waals surface area contributed by atoms with Crippen LogP contribution in [0.2, 0.25) is 0 Å². The summed E-state index contributed by atoms with van der Waals surface area (Å²) in [7, 11) is 1.61. The van der Waals surface area contributed by atoms with Crippen LogP contribution < -0.4 is 15.8 Å². The molecule has 0 aliphatic carbocycles. The number of hydrogen-bond donors (Lipinski definition) is 2. The van der Waals surface area contributed by atoms with Gasteiger partial charge in [0, 0.05) is 12.1 Å². The minimum absolute atomic E-state index is 0.113. The van der Waals surface area contributed by atoms with E-state index in [4.69, 9.17) is 10.5 Å². The van der Waals surface area contributed by atoms with Gasteiger partial charge < -0.3 is 15.8 Å². The zero-order valence-electron chi connectivity index (χ0n) is 10.4. The van der Waals surface area contributed by atoms with Gasteiger partial charge in [0.2, 0.25) is 5.91 Å². The Bertz CT molecular complexity index is 366. The van der Waals surface area contributed by atoms with Crippen LogP contribution in [0.1, 0.15) is 25.3 Å². The zero-order chi connectivity index (χ0) is 12.7. The number of carbonyl (C=O) groups excluding carboxylic acids is 1. The van der Waals surface area contributed by atoms with E-state index >= 15 is 0 Å². The Morgan fingerprint density at radius 3 is 2.82 bits per heavy atom. The first-order chi connectivity index (χ1) is 8.19. The van der Waals surface area contributed by atoms with Gasteiger partial charge in [-0.1, -0.05) is 31.5 Å². The molecule has 1 aromatic rings. The van der Waals surface area contributed by atoms with E-state index < -0.39 is 6.04 Å². The molecule has 1 aromatic carbocycles. The summed E-state index contributed by atoms with van der Waals surface area (Å²) in [4.78, 5) is 11.6. The summed E-state index contributed by atoms with van der Waals surface area (Å²) in [6.45, 7) is 2.45. The first-order valence-corrected chi connectivity index (χ1v) is 5.84. The SMILES string of the molecule is CCCC(N)C(=O)NCc1ccccc1OC. The van der Waals surface area contributed by atoms with Crippen LogP contribution in [0, 0.1) is 0 Å². The van der Waals surface area contributed by atoms with E-state index in [-0.39, 0.29) is 5.91 Å². The fourth-order valence-electron chi connectivity index (χ4n) is 1.60. The van der Waals surface area contributed by atoms with E-state index in [1.165, 1.54) is 0 Å². The molecule has 4 heteroatoms. The zero-order valence-corrected chi connectivity index (χ0v) is 10.4. The van der Waals surface area contributed by atoms with Crippen molar-refractivity contribution in [3.63, 3.8) is 0 Å². The van der Waals surface area contributed by atoms with Gasteiger partial charge in [0.1, 0.15) is 5.75 Å². The predicted octanol–water partition coefficient (Wildman–Crippen LogP) is 1.44. The van der Waals surface area contributed by atoms with E-state index in [1.54, 1.807) is 7.11 Å². The Morgan fingerprint density at radius 2 is 2.18 bits per heavy atom. The third-order valence-electron chi connectivity index (χ3n) is 2.58. The van der Waals surface area contributed by atoms with Crippen LogP contribution in [0.25, 0.3) is 0 Å². The minimum atomic E-state index is -0.422. The minimum Gasteiger partial charge on any atom is -0.496 e. The lowest BCUT2D eigenvalue weighted by molar-refractivity contribution is -0.122. The number of ether oxygens (including phenoxy) is 1. The number of para-hydroxylation sites is 1. The van der Waals surface area contributed by atoms with Crippen molar-refractivity contribution in [1.82, 2.24) is 5.32 Å². The normalized spacial score (nSPS) is 11.9. The van der Waals surface area contributed by atoms with Crippen LogP contribution >= 0.6 is 0 Å². The number of carbonyl (C=O) groups is 1. The molecule has 0 saturated carbocycles. The van der Waals surface area contributed by atoms with Crippen molar-refractivity contribution in [2.75, 3.05) is 7.11 Å². The first kappa shape index (κ1) is 13.5. The van der Waals surface area contributed by atoms with Crippen molar-refractivity contribution in [3.8, 4) is 5.75 Å². The maximum Gasteiger partial charge on any atom is 0.237 e. The lowest BCUT2D eigenvalue weighted by Gasteiger charge is -2.12. The molecule has 0 aliphatic heterocycles. The predicted molar refractivity (Wildman–Crippen MR) is 67.7 cm³/mol. The lowest BCUT2D eigenvalue weighted by atomic mass is 10.1. The van der Waals surface area contributed by atoms with Gasteiger partial charge in [-0.2, -0.15) is 0 Å². The maximum absolute atomic E-state index is 11.6. The van der Waals surface area contributed by atoms with Gasteiger partial charge >= 0.3 is 0 Å². The summed E-state index contributed by atoms with van der Waals surface area (Å²) in [6.07, 6.45) is 1.61. The second-order valence-corrected chi connectivity index (χ2v) is 3.92. The smallest absolute Gasteiger partial charge is 0.237 e. The number of rotatable bonds is 6. The number of methoxy groups -OCH3 is 1. The van der Waals surface area contributed by atoms with Crippen molar-refractivity contribution < 1.29 is 9.53 Å². The monoisotopic (exact) mass is 236 g/mol. The molecule has 1 atom stereocenters. The Labute approximate surface area is 102 Å². The average Bonchev–Trinajstić information content (AvgIpc) is 2.36. The largest absolute Gasteiger partial charge is 0.496 e. The summed E-state index contributed by atoms with van der Waals surface area (Å²) < 4.78 is 5.20. The highest BCUT2D eigenvalue weighted by atomic mass is 16.5. The molecule has 0 heterocycles. The second-order valence-electron chi connectivity index (χ2n) is 3.92. The Morgan fingerprint density at radius 1 is 1.47 bits per heavy atom. The fourth-order valence-corrected chi connectivity index (χ4v) is 1.60. The maximum atomic E-state index is 11.6. The molecule has 0 fully saturated rings. The molecule has 0 aliphatic rings. The summed E-state index contributed by atoms with van der Waals surface area (Å²) >= 11 is 0. The van der Waals surface area contributed by atoms with Gasteiger partial charge in [-0.3, -0.25) is 4.79 Å². The molecule has 0 saturated heterocycles. The van der Waals surface area contributed by atoms with E-state index in [0.717, 1.165) is 17.7 Å². The van der Waals surface area contributed by atoms with Crippen LogP contribution in [0.15, 0.2) is 24.3 Å². The molecule has 1 unspecified atom stereocenters. The number of benzene rings is 1. The molecule has 0 aromatic heterocycles. The fraction of sp³-hybridized carbons (Fsp3) is 0.462.